The van der Waals surface area contributed by atoms with Crippen molar-refractivity contribution in [2.24, 2.45) is 5.10 Å². The summed E-state index contributed by atoms with van der Waals surface area (Å²) in [6, 6.07) is 29.9. The van der Waals surface area contributed by atoms with Crippen LogP contribution in [0.4, 0.5) is 0 Å². The van der Waals surface area contributed by atoms with Gasteiger partial charge in [-0.1, -0.05) is 48.5 Å². The third-order valence-electron chi connectivity index (χ3n) is 6.21. The number of carbonyl (C=O) groups is 1. The summed E-state index contributed by atoms with van der Waals surface area (Å²) in [5.74, 6) is 0.543. The van der Waals surface area contributed by atoms with Gasteiger partial charge >= 0.3 is 0 Å². The molecule has 1 aliphatic heterocycles. The van der Waals surface area contributed by atoms with E-state index in [9.17, 15) is 4.79 Å². The summed E-state index contributed by atoms with van der Waals surface area (Å²) in [6.07, 6.45) is 1.62. The number of amides is 1. The van der Waals surface area contributed by atoms with Crippen LogP contribution in [-0.2, 0) is 17.9 Å². The SMILES string of the molecule is O=C(N/N=C\c1ccc(OCc2ccc3ccccc3c2)cc1)c1ccc(CN2CCOCC2)cc1. The zero-order valence-corrected chi connectivity index (χ0v) is 20.1. The van der Waals surface area contributed by atoms with Gasteiger partial charge in [0.05, 0.1) is 19.4 Å². The molecule has 1 heterocycles. The summed E-state index contributed by atoms with van der Waals surface area (Å²) in [6.45, 7) is 4.80. The fourth-order valence-corrected chi connectivity index (χ4v) is 4.15. The topological polar surface area (TPSA) is 63.2 Å². The van der Waals surface area contributed by atoms with Crippen molar-refractivity contribution in [3.8, 4) is 5.75 Å². The average molecular weight is 480 g/mol. The minimum Gasteiger partial charge on any atom is -0.489 e. The highest BCUT2D eigenvalue weighted by Gasteiger charge is 2.11. The summed E-state index contributed by atoms with van der Waals surface area (Å²) in [4.78, 5) is 14.8. The second-order valence-electron chi connectivity index (χ2n) is 8.82. The van der Waals surface area contributed by atoms with E-state index in [0.717, 1.165) is 49.7 Å². The molecular formula is C30H29N3O3. The Balaban J connectivity index is 1.09. The maximum Gasteiger partial charge on any atom is 0.271 e. The van der Waals surface area contributed by atoms with Crippen LogP contribution >= 0.6 is 0 Å². The lowest BCUT2D eigenvalue weighted by atomic mass is 10.1. The predicted octanol–water partition coefficient (Wildman–Crippen LogP) is 5.01. The zero-order valence-electron chi connectivity index (χ0n) is 20.1. The van der Waals surface area contributed by atoms with E-state index in [4.69, 9.17) is 9.47 Å². The molecule has 0 unspecified atom stereocenters. The number of ether oxygens (including phenoxy) is 2. The lowest BCUT2D eigenvalue weighted by molar-refractivity contribution is 0.0342. The zero-order chi connectivity index (χ0) is 24.6. The Kier molecular flexibility index (Phi) is 7.66. The molecule has 0 saturated carbocycles. The number of rotatable bonds is 8. The summed E-state index contributed by atoms with van der Waals surface area (Å²) < 4.78 is 11.3. The van der Waals surface area contributed by atoms with Crippen molar-refractivity contribution in [3.05, 3.63) is 113 Å². The first kappa shape index (κ1) is 23.7. The number of hydrogen-bond donors (Lipinski definition) is 1. The molecule has 0 atom stereocenters. The third kappa shape index (κ3) is 6.36. The Hall–Kier alpha value is -4.00. The summed E-state index contributed by atoms with van der Waals surface area (Å²) >= 11 is 0. The number of carbonyl (C=O) groups excluding carboxylic acids is 1. The molecule has 0 aliphatic carbocycles. The van der Waals surface area contributed by atoms with Crippen LogP contribution < -0.4 is 10.2 Å². The van der Waals surface area contributed by atoms with Gasteiger partial charge in [0.25, 0.3) is 5.91 Å². The molecule has 0 bridgehead atoms. The minimum absolute atomic E-state index is 0.237. The number of nitrogens with one attached hydrogen (secondary N) is 1. The van der Waals surface area contributed by atoms with Crippen molar-refractivity contribution < 1.29 is 14.3 Å². The lowest BCUT2D eigenvalue weighted by Crippen LogP contribution is -2.35. The van der Waals surface area contributed by atoms with Crippen LogP contribution in [0.1, 0.15) is 27.0 Å². The van der Waals surface area contributed by atoms with Gasteiger partial charge in [-0.15, -0.1) is 0 Å². The van der Waals surface area contributed by atoms with Gasteiger partial charge in [-0.05, 0) is 69.9 Å². The van der Waals surface area contributed by atoms with E-state index in [1.807, 2.05) is 60.7 Å². The first-order valence-corrected chi connectivity index (χ1v) is 12.2. The number of hydrogen-bond acceptors (Lipinski definition) is 5. The Morgan fingerprint density at radius 1 is 0.889 bits per heavy atom. The van der Waals surface area contributed by atoms with Gasteiger partial charge in [-0.3, -0.25) is 9.69 Å². The molecule has 6 heteroatoms. The smallest absolute Gasteiger partial charge is 0.271 e. The molecule has 1 amide bonds. The molecular weight excluding hydrogens is 450 g/mol. The molecule has 1 aliphatic rings. The molecule has 5 rings (SSSR count). The first-order valence-electron chi connectivity index (χ1n) is 12.2. The van der Waals surface area contributed by atoms with Crippen LogP contribution in [-0.4, -0.2) is 43.3 Å². The van der Waals surface area contributed by atoms with Crippen molar-refractivity contribution >= 4 is 22.9 Å². The normalized spacial score (nSPS) is 14.2. The van der Waals surface area contributed by atoms with Gasteiger partial charge < -0.3 is 9.47 Å². The molecule has 36 heavy (non-hydrogen) atoms. The van der Waals surface area contributed by atoms with E-state index in [2.05, 4.69) is 45.8 Å². The second-order valence-corrected chi connectivity index (χ2v) is 8.82. The van der Waals surface area contributed by atoms with Crippen LogP contribution in [0.2, 0.25) is 0 Å². The Morgan fingerprint density at radius 3 is 2.39 bits per heavy atom. The number of hydrazone groups is 1. The average Bonchev–Trinajstić information content (AvgIpc) is 2.93. The Bertz CT molecular complexity index is 1330. The number of fused-ring (bicyclic) bond motifs is 1. The number of benzene rings is 4. The van der Waals surface area contributed by atoms with Crippen molar-refractivity contribution in [2.45, 2.75) is 13.2 Å². The molecule has 4 aromatic rings. The second kappa shape index (κ2) is 11.6. The fraction of sp³-hybridized carbons (Fsp3) is 0.200. The van der Waals surface area contributed by atoms with E-state index in [-0.39, 0.29) is 5.91 Å². The highest BCUT2D eigenvalue weighted by atomic mass is 16.5. The van der Waals surface area contributed by atoms with Crippen LogP contribution in [0, 0.1) is 0 Å². The van der Waals surface area contributed by atoms with Gasteiger partial charge in [-0.25, -0.2) is 5.43 Å². The molecule has 0 aromatic heterocycles. The first-order chi connectivity index (χ1) is 17.7. The maximum atomic E-state index is 12.4. The quantitative estimate of drug-likeness (QED) is 0.285. The van der Waals surface area contributed by atoms with Crippen LogP contribution in [0.3, 0.4) is 0 Å². The summed E-state index contributed by atoms with van der Waals surface area (Å²) in [7, 11) is 0. The van der Waals surface area contributed by atoms with E-state index >= 15 is 0 Å². The lowest BCUT2D eigenvalue weighted by Gasteiger charge is -2.26. The Morgan fingerprint density at radius 2 is 1.61 bits per heavy atom. The van der Waals surface area contributed by atoms with Crippen LogP contribution in [0.25, 0.3) is 10.8 Å². The largest absolute Gasteiger partial charge is 0.489 e. The molecule has 1 fully saturated rings. The molecule has 1 saturated heterocycles. The third-order valence-corrected chi connectivity index (χ3v) is 6.21. The van der Waals surface area contributed by atoms with Gasteiger partial charge in [0.1, 0.15) is 12.4 Å². The molecule has 0 spiro atoms. The van der Waals surface area contributed by atoms with Crippen LogP contribution in [0.15, 0.2) is 96.1 Å². The van der Waals surface area contributed by atoms with Gasteiger partial charge in [0.15, 0.2) is 0 Å². The van der Waals surface area contributed by atoms with Gasteiger partial charge in [0.2, 0.25) is 0 Å². The van der Waals surface area contributed by atoms with E-state index in [0.29, 0.717) is 12.2 Å². The Labute approximate surface area is 211 Å². The monoisotopic (exact) mass is 479 g/mol. The van der Waals surface area contributed by atoms with E-state index in [1.54, 1.807) is 6.21 Å². The van der Waals surface area contributed by atoms with Gasteiger partial charge in [-0.2, -0.15) is 5.10 Å². The molecule has 6 nitrogen and oxygen atoms in total. The number of morpholine rings is 1. The maximum absolute atomic E-state index is 12.4. The van der Waals surface area contributed by atoms with Crippen molar-refractivity contribution in [1.29, 1.82) is 0 Å². The molecule has 0 radical (unpaired) electrons. The highest BCUT2D eigenvalue weighted by molar-refractivity contribution is 5.94. The van der Waals surface area contributed by atoms with Crippen LogP contribution in [0.5, 0.6) is 5.75 Å². The van der Waals surface area contributed by atoms with E-state index < -0.39 is 0 Å². The standard InChI is InChI=1S/C30H29N3O3/c34-30(27-11-5-24(6-12-27)21-33-15-17-35-18-16-33)32-31-20-23-8-13-29(14-9-23)36-22-25-7-10-26-3-1-2-4-28(26)19-25/h1-14,19-20H,15-18,21-22H2,(H,32,34)/b31-20-. The van der Waals surface area contributed by atoms with Gasteiger partial charge in [0, 0.05) is 25.2 Å². The minimum atomic E-state index is -0.237. The highest BCUT2D eigenvalue weighted by Crippen LogP contribution is 2.18. The van der Waals surface area contributed by atoms with Crippen molar-refractivity contribution in [2.75, 3.05) is 26.3 Å². The molecule has 4 aromatic carbocycles. The van der Waals surface area contributed by atoms with Crippen molar-refractivity contribution in [3.63, 3.8) is 0 Å². The number of nitrogens with zero attached hydrogens (tertiary/aromatic N) is 2. The summed E-state index contributed by atoms with van der Waals surface area (Å²) in [5.41, 5.74) is 6.35. The van der Waals surface area contributed by atoms with E-state index in [1.165, 1.54) is 16.3 Å². The molecule has 1 N–H and O–H groups in total. The van der Waals surface area contributed by atoms with Crippen molar-refractivity contribution in [1.82, 2.24) is 10.3 Å². The predicted molar refractivity (Wildman–Crippen MR) is 142 cm³/mol. The molecule has 182 valence electrons. The summed E-state index contributed by atoms with van der Waals surface area (Å²) in [5, 5.41) is 6.52. The fourth-order valence-electron chi connectivity index (χ4n) is 4.15.